The fraction of sp³-hybridized carbons (Fsp3) is 0.489. The number of carbonyl (C=O) groups excluding carboxylic acids is 4. The number of aromatic nitrogens is 1. The number of methoxy groups -OCH3 is 1. The van der Waals surface area contributed by atoms with Crippen LogP contribution in [0, 0.1) is 5.92 Å². The summed E-state index contributed by atoms with van der Waals surface area (Å²) in [7, 11) is -2.36. The number of rotatable bonds is 9. The number of alkyl carbamates (subject to hydrolysis) is 1. The first-order valence-corrected chi connectivity index (χ1v) is 23.0. The average Bonchev–Trinajstić information content (AvgIpc) is 4.06. The maximum atomic E-state index is 14.8. The maximum Gasteiger partial charge on any atom is 0.408 e. The lowest BCUT2D eigenvalue weighted by Crippen LogP contribution is -2.58. The third-order valence-corrected chi connectivity index (χ3v) is 14.5. The van der Waals surface area contributed by atoms with Gasteiger partial charge in [0.05, 0.1) is 30.0 Å². The molecule has 4 aromatic rings. The molecular weight excluding hydrogens is 803 g/mol. The Bertz CT molecular complexity index is 2480. The zero-order chi connectivity index (χ0) is 42.3. The first-order valence-electron chi connectivity index (χ1n) is 21.5. The summed E-state index contributed by atoms with van der Waals surface area (Å²) in [5.41, 5.74) is 1.30. The summed E-state index contributed by atoms with van der Waals surface area (Å²) in [5.74, 6) is -1.50. The summed E-state index contributed by atoms with van der Waals surface area (Å²) in [4.78, 5) is 63.0. The van der Waals surface area contributed by atoms with Crippen molar-refractivity contribution in [1.82, 2.24) is 25.2 Å². The predicted molar refractivity (Wildman–Crippen MR) is 225 cm³/mol. The quantitative estimate of drug-likeness (QED) is 0.166. The molecule has 15 nitrogen and oxygen atoms in total. The second kappa shape index (κ2) is 16.7. The summed E-state index contributed by atoms with van der Waals surface area (Å²) in [6.45, 7) is -0.0423. The van der Waals surface area contributed by atoms with Crippen molar-refractivity contribution in [2.24, 2.45) is 5.92 Å². The number of ether oxygens (including phenoxy) is 3. The van der Waals surface area contributed by atoms with Crippen LogP contribution >= 0.6 is 0 Å². The maximum absolute atomic E-state index is 14.8. The Kier molecular flexibility index (Phi) is 11.1. The van der Waals surface area contributed by atoms with Gasteiger partial charge in [-0.05, 0) is 76.3 Å². The molecular formula is C45H51N5O10S. The highest BCUT2D eigenvalue weighted by Gasteiger charge is 2.62. The van der Waals surface area contributed by atoms with E-state index < -0.39 is 68.7 Å². The standard InChI is InChI=1S/C45H51N5O10S/c1-57-36-20-12-18-32-38-40(60-39(32)36)37(24-34(46-38)27-13-6-5-7-14-27)58-30-23-35-41(51)48-45(43(53)49-61(55,56)31-21-22-31)25-28(45)15-8-3-2-4-9-19-33(42(52)50(35)26-30)47-44(54)59-29-16-10-11-17-29/h5-8,12-15,18,20,24,28-31,33,35H,2-4,9-11,16-17,19,21-23,25-26H2,1H3,(H,47,54)(H,48,51)(H,49,53)/b15-8-/t28-,30+,33-,35-,45+/m0/s1. The Balaban J connectivity index is 1.06. The average molecular weight is 854 g/mol. The van der Waals surface area contributed by atoms with Crippen molar-refractivity contribution in [3.8, 4) is 22.8 Å². The lowest BCUT2D eigenvalue weighted by molar-refractivity contribution is -0.141. The van der Waals surface area contributed by atoms with E-state index >= 15 is 0 Å². The number of pyridine rings is 1. The highest BCUT2D eigenvalue weighted by molar-refractivity contribution is 7.91. The summed E-state index contributed by atoms with van der Waals surface area (Å²) in [6.07, 6.45) is 9.96. The number of fused-ring (bicyclic) bond motifs is 5. The van der Waals surface area contributed by atoms with Gasteiger partial charge in [0.2, 0.25) is 21.8 Å². The van der Waals surface area contributed by atoms with Gasteiger partial charge in [0.1, 0.15) is 35.3 Å². The number of carbonyl (C=O) groups is 4. The van der Waals surface area contributed by atoms with Crippen LogP contribution in [0.2, 0.25) is 0 Å². The molecule has 2 aromatic carbocycles. The number of furan rings is 1. The van der Waals surface area contributed by atoms with E-state index in [1.165, 1.54) is 4.90 Å². The number of allylic oxidation sites excluding steroid dienone is 1. The molecule has 0 unspecified atom stereocenters. The SMILES string of the molecule is COc1cccc2c1oc1c(O[C@@H]3C[C@H]4C(=O)N[C@]5(C(=O)NS(=O)(=O)C6CC6)C[C@@H]5/C=C\CCCCC[C@H](NC(=O)OC5CCCC5)C(=O)N4C3)cc(-c3ccccc3)nc12. The molecule has 0 bridgehead atoms. The summed E-state index contributed by atoms with van der Waals surface area (Å²) < 4.78 is 52.7. The van der Waals surface area contributed by atoms with Crippen LogP contribution in [-0.4, -0.2) is 90.9 Å². The van der Waals surface area contributed by atoms with Gasteiger partial charge in [0.25, 0.3) is 5.91 Å². The molecule has 4 fully saturated rings. The Morgan fingerprint density at radius 1 is 0.918 bits per heavy atom. The van der Waals surface area contributed by atoms with Crippen molar-refractivity contribution in [1.29, 1.82) is 0 Å². The summed E-state index contributed by atoms with van der Waals surface area (Å²) in [6, 6.07) is 14.8. The lowest BCUT2D eigenvalue weighted by Gasteiger charge is -2.30. The minimum Gasteiger partial charge on any atom is -0.493 e. The molecule has 2 aromatic heterocycles. The second-order valence-electron chi connectivity index (χ2n) is 17.0. The van der Waals surface area contributed by atoms with Crippen LogP contribution in [-0.2, 0) is 29.1 Å². The minimum atomic E-state index is -3.92. The van der Waals surface area contributed by atoms with E-state index in [2.05, 4.69) is 15.4 Å². The van der Waals surface area contributed by atoms with E-state index in [9.17, 15) is 27.6 Å². The zero-order valence-electron chi connectivity index (χ0n) is 34.1. The third kappa shape index (κ3) is 8.38. The molecule has 5 aliphatic rings. The molecule has 4 amide bonds. The normalized spacial score (nSPS) is 26.7. The van der Waals surface area contributed by atoms with Gasteiger partial charge in [-0.2, -0.15) is 0 Å². The number of amides is 4. The Labute approximate surface area is 354 Å². The highest BCUT2D eigenvalue weighted by Crippen LogP contribution is 2.46. The van der Waals surface area contributed by atoms with Gasteiger partial charge in [-0.3, -0.25) is 19.1 Å². The molecule has 3 N–H and O–H groups in total. The highest BCUT2D eigenvalue weighted by atomic mass is 32.2. The topological polar surface area (TPSA) is 195 Å². The number of hydrogen-bond donors (Lipinski definition) is 3. The molecule has 2 aliphatic heterocycles. The first-order chi connectivity index (χ1) is 29.5. The number of nitrogens with zero attached hydrogens (tertiary/aromatic N) is 2. The Hall–Kier alpha value is -5.64. The van der Waals surface area contributed by atoms with Gasteiger partial charge in [-0.25, -0.2) is 18.2 Å². The molecule has 3 aliphatic carbocycles. The Morgan fingerprint density at radius 2 is 1.70 bits per heavy atom. The van der Waals surface area contributed by atoms with Crippen molar-refractivity contribution in [3.63, 3.8) is 0 Å². The van der Waals surface area contributed by atoms with Crippen LogP contribution in [0.15, 0.2) is 71.2 Å². The van der Waals surface area contributed by atoms with Gasteiger partial charge >= 0.3 is 6.09 Å². The summed E-state index contributed by atoms with van der Waals surface area (Å²) in [5, 5.41) is 5.83. The van der Waals surface area contributed by atoms with Crippen LogP contribution in [0.1, 0.15) is 83.5 Å². The molecule has 9 rings (SSSR count). The van der Waals surface area contributed by atoms with Crippen molar-refractivity contribution in [3.05, 3.63) is 66.7 Å². The fourth-order valence-electron chi connectivity index (χ4n) is 9.07. The number of benzene rings is 2. The van der Waals surface area contributed by atoms with E-state index in [1.54, 1.807) is 19.2 Å². The van der Waals surface area contributed by atoms with Crippen molar-refractivity contribution in [2.45, 2.75) is 119 Å². The smallest absolute Gasteiger partial charge is 0.408 e. The summed E-state index contributed by atoms with van der Waals surface area (Å²) >= 11 is 0. The fourth-order valence-corrected chi connectivity index (χ4v) is 10.4. The number of hydrogen-bond acceptors (Lipinski definition) is 11. The molecule has 1 saturated heterocycles. The van der Waals surface area contributed by atoms with E-state index in [0.717, 1.165) is 44.1 Å². The van der Waals surface area contributed by atoms with E-state index in [0.29, 0.717) is 71.4 Å². The monoisotopic (exact) mass is 853 g/mol. The lowest BCUT2D eigenvalue weighted by atomic mass is 10.0. The molecule has 0 spiro atoms. The molecule has 322 valence electrons. The second-order valence-corrected chi connectivity index (χ2v) is 19.0. The van der Waals surface area contributed by atoms with E-state index in [-0.39, 0.29) is 25.5 Å². The van der Waals surface area contributed by atoms with Crippen molar-refractivity contribution < 1.29 is 46.2 Å². The molecule has 3 saturated carbocycles. The van der Waals surface area contributed by atoms with Crippen molar-refractivity contribution >= 4 is 55.9 Å². The number of para-hydroxylation sites is 1. The van der Waals surface area contributed by atoms with Crippen LogP contribution in [0.5, 0.6) is 11.5 Å². The van der Waals surface area contributed by atoms with Gasteiger partial charge in [-0.1, -0.05) is 61.4 Å². The molecule has 61 heavy (non-hydrogen) atoms. The first kappa shape index (κ1) is 40.7. The number of nitrogens with one attached hydrogen (secondary N) is 3. The van der Waals surface area contributed by atoms with Gasteiger partial charge < -0.3 is 34.2 Å². The third-order valence-electron chi connectivity index (χ3n) is 12.7. The largest absolute Gasteiger partial charge is 0.493 e. The zero-order valence-corrected chi connectivity index (χ0v) is 34.9. The minimum absolute atomic E-state index is 0.0173. The van der Waals surface area contributed by atoms with Crippen LogP contribution < -0.4 is 24.8 Å². The predicted octanol–water partition coefficient (Wildman–Crippen LogP) is 6.05. The van der Waals surface area contributed by atoms with Gasteiger partial charge in [0, 0.05) is 24.0 Å². The van der Waals surface area contributed by atoms with Gasteiger partial charge in [-0.15, -0.1) is 0 Å². The molecule has 0 radical (unpaired) electrons. The number of sulfonamides is 1. The molecule has 16 heteroatoms. The molecule has 5 atom stereocenters. The Morgan fingerprint density at radius 3 is 2.48 bits per heavy atom. The molecule has 4 heterocycles. The van der Waals surface area contributed by atoms with Crippen LogP contribution in [0.3, 0.4) is 0 Å². The van der Waals surface area contributed by atoms with Crippen molar-refractivity contribution in [2.75, 3.05) is 13.7 Å². The van der Waals surface area contributed by atoms with Crippen LogP contribution in [0.4, 0.5) is 4.79 Å². The van der Waals surface area contributed by atoms with E-state index in [4.69, 9.17) is 23.6 Å². The van der Waals surface area contributed by atoms with Gasteiger partial charge in [0.15, 0.2) is 22.7 Å². The van der Waals surface area contributed by atoms with E-state index in [1.807, 2.05) is 54.6 Å². The van der Waals surface area contributed by atoms with Crippen LogP contribution in [0.25, 0.3) is 33.3 Å².